The van der Waals surface area contributed by atoms with Crippen molar-refractivity contribution in [1.82, 2.24) is 4.90 Å². The van der Waals surface area contributed by atoms with E-state index in [4.69, 9.17) is 5.73 Å². The monoisotopic (exact) mass is 182 g/mol. The molecule has 76 valence electrons. The van der Waals surface area contributed by atoms with Crippen molar-refractivity contribution in [1.29, 1.82) is 0 Å². The van der Waals surface area contributed by atoms with Crippen molar-refractivity contribution in [3.63, 3.8) is 0 Å². The lowest BCUT2D eigenvalue weighted by Crippen LogP contribution is -2.43. The summed E-state index contributed by atoms with van der Waals surface area (Å²) in [5.74, 6) is 0. The third-order valence-corrected chi connectivity index (χ3v) is 4.01. The lowest BCUT2D eigenvalue weighted by atomic mass is 9.85. The summed E-state index contributed by atoms with van der Waals surface area (Å²) in [6, 6.07) is 0.852. The summed E-state index contributed by atoms with van der Waals surface area (Å²) < 4.78 is 0. The van der Waals surface area contributed by atoms with Crippen molar-refractivity contribution in [2.24, 2.45) is 11.1 Å². The average molecular weight is 182 g/mol. The maximum atomic E-state index is 5.69. The van der Waals surface area contributed by atoms with Gasteiger partial charge in [0.05, 0.1) is 0 Å². The second kappa shape index (κ2) is 3.58. The van der Waals surface area contributed by atoms with E-state index in [2.05, 4.69) is 11.9 Å². The molecule has 1 aliphatic carbocycles. The minimum Gasteiger partial charge on any atom is -0.330 e. The highest BCUT2D eigenvalue weighted by molar-refractivity contribution is 5.03. The van der Waals surface area contributed by atoms with Crippen LogP contribution in [0.1, 0.15) is 38.5 Å². The molecule has 1 aliphatic heterocycles. The zero-order chi connectivity index (χ0) is 9.31. The quantitative estimate of drug-likeness (QED) is 0.718. The van der Waals surface area contributed by atoms with Gasteiger partial charge in [0, 0.05) is 6.04 Å². The maximum Gasteiger partial charge on any atom is 0.0149 e. The van der Waals surface area contributed by atoms with Gasteiger partial charge >= 0.3 is 0 Å². The Morgan fingerprint density at radius 1 is 1.38 bits per heavy atom. The van der Waals surface area contributed by atoms with Crippen LogP contribution in [0, 0.1) is 5.41 Å². The van der Waals surface area contributed by atoms with Crippen molar-refractivity contribution in [3.05, 3.63) is 0 Å². The molecule has 0 radical (unpaired) electrons. The Hall–Kier alpha value is -0.0800. The van der Waals surface area contributed by atoms with Crippen LogP contribution in [-0.4, -0.2) is 31.1 Å². The number of nitrogens with two attached hydrogens (primary N) is 1. The molecule has 2 aliphatic rings. The van der Waals surface area contributed by atoms with E-state index >= 15 is 0 Å². The molecule has 0 amide bonds. The summed E-state index contributed by atoms with van der Waals surface area (Å²) in [5, 5.41) is 0. The third-order valence-electron chi connectivity index (χ3n) is 4.01. The number of nitrogens with zero attached hydrogens (tertiary/aromatic N) is 1. The van der Waals surface area contributed by atoms with Gasteiger partial charge in [-0.1, -0.05) is 6.42 Å². The van der Waals surface area contributed by atoms with E-state index in [9.17, 15) is 0 Å². The lowest BCUT2D eigenvalue weighted by molar-refractivity contribution is 0.111. The number of hydrogen-bond donors (Lipinski definition) is 1. The van der Waals surface area contributed by atoms with E-state index in [1.54, 1.807) is 0 Å². The molecule has 0 aromatic heterocycles. The van der Waals surface area contributed by atoms with Gasteiger partial charge < -0.3 is 10.6 Å². The fraction of sp³-hybridized carbons (Fsp3) is 1.00. The molecule has 0 aromatic carbocycles. The highest BCUT2D eigenvalue weighted by Gasteiger charge is 2.49. The van der Waals surface area contributed by atoms with Crippen molar-refractivity contribution in [2.45, 2.75) is 44.6 Å². The molecular formula is C11H22N2. The standard InChI is InChI=1S/C11H22N2/c1-13-9-3-2-4-10(13)11(5-6-11)7-8-12/h10H,2-9,12H2,1H3. The van der Waals surface area contributed by atoms with Crippen LogP contribution >= 0.6 is 0 Å². The molecule has 0 bridgehead atoms. The first-order valence-corrected chi connectivity index (χ1v) is 5.69. The van der Waals surface area contributed by atoms with Crippen LogP contribution in [0.15, 0.2) is 0 Å². The molecule has 2 fully saturated rings. The number of likely N-dealkylation sites (tertiary alicyclic amines) is 1. The molecule has 1 saturated heterocycles. The highest BCUT2D eigenvalue weighted by Crippen LogP contribution is 2.54. The van der Waals surface area contributed by atoms with E-state index in [-0.39, 0.29) is 0 Å². The van der Waals surface area contributed by atoms with Crippen molar-refractivity contribution in [2.75, 3.05) is 20.1 Å². The molecule has 13 heavy (non-hydrogen) atoms. The number of rotatable bonds is 3. The normalized spacial score (nSPS) is 33.2. The molecule has 2 rings (SSSR count). The van der Waals surface area contributed by atoms with Gasteiger partial charge in [-0.25, -0.2) is 0 Å². The first-order valence-electron chi connectivity index (χ1n) is 5.69. The largest absolute Gasteiger partial charge is 0.330 e. The molecule has 1 saturated carbocycles. The van der Waals surface area contributed by atoms with Crippen LogP contribution in [0.4, 0.5) is 0 Å². The Balaban J connectivity index is 1.97. The average Bonchev–Trinajstić information content (AvgIpc) is 2.87. The minimum atomic E-state index is 0.643. The van der Waals surface area contributed by atoms with Crippen molar-refractivity contribution in [3.8, 4) is 0 Å². The number of hydrogen-bond acceptors (Lipinski definition) is 2. The summed E-state index contributed by atoms with van der Waals surface area (Å²) in [5.41, 5.74) is 6.33. The van der Waals surface area contributed by atoms with Crippen molar-refractivity contribution < 1.29 is 0 Å². The van der Waals surface area contributed by atoms with E-state index in [0.29, 0.717) is 5.41 Å². The van der Waals surface area contributed by atoms with E-state index in [1.807, 2.05) is 0 Å². The lowest BCUT2D eigenvalue weighted by Gasteiger charge is -2.38. The topological polar surface area (TPSA) is 29.3 Å². The van der Waals surface area contributed by atoms with Crippen LogP contribution in [-0.2, 0) is 0 Å². The molecule has 1 heterocycles. The molecular weight excluding hydrogens is 160 g/mol. The van der Waals surface area contributed by atoms with Crippen LogP contribution in [0.2, 0.25) is 0 Å². The molecule has 0 spiro atoms. The molecule has 1 unspecified atom stereocenters. The Morgan fingerprint density at radius 2 is 2.15 bits per heavy atom. The van der Waals surface area contributed by atoms with Gasteiger partial charge in [-0.3, -0.25) is 0 Å². The van der Waals surface area contributed by atoms with Crippen LogP contribution < -0.4 is 5.73 Å². The predicted octanol–water partition coefficient (Wildman–Crippen LogP) is 1.60. The number of piperidine rings is 1. The Kier molecular flexibility index (Phi) is 2.61. The molecule has 2 nitrogen and oxygen atoms in total. The highest BCUT2D eigenvalue weighted by atomic mass is 15.2. The van der Waals surface area contributed by atoms with Gasteiger partial charge in [0.25, 0.3) is 0 Å². The minimum absolute atomic E-state index is 0.643. The predicted molar refractivity (Wildman–Crippen MR) is 55.6 cm³/mol. The van der Waals surface area contributed by atoms with Crippen molar-refractivity contribution >= 4 is 0 Å². The van der Waals surface area contributed by atoms with E-state index in [1.165, 1.54) is 45.1 Å². The third kappa shape index (κ3) is 1.75. The van der Waals surface area contributed by atoms with Gasteiger partial charge in [0.15, 0.2) is 0 Å². The zero-order valence-corrected chi connectivity index (χ0v) is 8.76. The Morgan fingerprint density at radius 3 is 2.69 bits per heavy atom. The zero-order valence-electron chi connectivity index (χ0n) is 8.76. The fourth-order valence-corrected chi connectivity index (χ4v) is 3.05. The molecule has 2 heteroatoms. The van der Waals surface area contributed by atoms with Crippen LogP contribution in [0.25, 0.3) is 0 Å². The first-order chi connectivity index (χ1) is 6.28. The van der Waals surface area contributed by atoms with Gasteiger partial charge in [-0.05, 0) is 57.7 Å². The van der Waals surface area contributed by atoms with Gasteiger partial charge in [-0.2, -0.15) is 0 Å². The molecule has 1 atom stereocenters. The van der Waals surface area contributed by atoms with Crippen LogP contribution in [0.3, 0.4) is 0 Å². The Bertz CT molecular complexity index is 175. The fourth-order valence-electron chi connectivity index (χ4n) is 3.05. The van der Waals surface area contributed by atoms with E-state index in [0.717, 1.165) is 12.6 Å². The first kappa shape index (κ1) is 9.47. The van der Waals surface area contributed by atoms with Crippen LogP contribution in [0.5, 0.6) is 0 Å². The Labute approximate surface area is 81.5 Å². The summed E-state index contributed by atoms with van der Waals surface area (Å²) in [7, 11) is 2.29. The summed E-state index contributed by atoms with van der Waals surface area (Å²) in [6.07, 6.45) is 8.35. The van der Waals surface area contributed by atoms with Gasteiger partial charge in [-0.15, -0.1) is 0 Å². The second-order valence-electron chi connectivity index (χ2n) is 4.89. The SMILES string of the molecule is CN1CCCCC1C1(CCN)CC1. The smallest absolute Gasteiger partial charge is 0.0149 e. The second-order valence-corrected chi connectivity index (χ2v) is 4.89. The summed E-state index contributed by atoms with van der Waals surface area (Å²) >= 11 is 0. The molecule has 0 aromatic rings. The maximum absolute atomic E-state index is 5.69. The van der Waals surface area contributed by atoms with Gasteiger partial charge in [0.1, 0.15) is 0 Å². The summed E-state index contributed by atoms with van der Waals surface area (Å²) in [6.45, 7) is 2.18. The molecule has 2 N–H and O–H groups in total. The summed E-state index contributed by atoms with van der Waals surface area (Å²) in [4.78, 5) is 2.58. The van der Waals surface area contributed by atoms with Gasteiger partial charge in [0.2, 0.25) is 0 Å². The van der Waals surface area contributed by atoms with E-state index < -0.39 is 0 Å².